The van der Waals surface area contributed by atoms with E-state index in [1.54, 1.807) is 0 Å². The fourth-order valence-electron chi connectivity index (χ4n) is 2.52. The van der Waals surface area contributed by atoms with Crippen molar-refractivity contribution in [1.82, 2.24) is 0 Å². The lowest BCUT2D eigenvalue weighted by Crippen LogP contribution is -2.31. The van der Waals surface area contributed by atoms with E-state index < -0.39 is 0 Å². The van der Waals surface area contributed by atoms with E-state index in [9.17, 15) is 0 Å². The van der Waals surface area contributed by atoms with Crippen LogP contribution in [0.1, 0.15) is 30.9 Å². The summed E-state index contributed by atoms with van der Waals surface area (Å²) in [5.41, 5.74) is 4.07. The van der Waals surface area contributed by atoms with Gasteiger partial charge in [0.25, 0.3) is 0 Å². The molecule has 100 valence electrons. The molecule has 0 bridgehead atoms. The van der Waals surface area contributed by atoms with Gasteiger partial charge in [0.15, 0.2) is 0 Å². The van der Waals surface area contributed by atoms with Gasteiger partial charge in [-0.15, -0.1) is 0 Å². The Kier molecular flexibility index (Phi) is 5.07. The summed E-state index contributed by atoms with van der Waals surface area (Å²) in [6.45, 7) is 7.42. The molecule has 1 aromatic carbocycles. The third kappa shape index (κ3) is 3.27. The van der Waals surface area contributed by atoms with Crippen LogP contribution in [0.5, 0.6) is 0 Å². The predicted molar refractivity (Wildman–Crippen MR) is 80.7 cm³/mol. The Balaban J connectivity index is 2.18. The molecule has 0 amide bonds. The lowest BCUT2D eigenvalue weighted by molar-refractivity contribution is 0.0664. The van der Waals surface area contributed by atoms with E-state index in [1.165, 1.54) is 16.8 Å². The molecule has 1 aliphatic rings. The van der Waals surface area contributed by atoms with Crippen molar-refractivity contribution in [2.24, 2.45) is 0 Å². The number of hydrogen-bond donors (Lipinski definition) is 0. The van der Waals surface area contributed by atoms with Gasteiger partial charge in [-0.1, -0.05) is 35.0 Å². The quantitative estimate of drug-likeness (QED) is 0.785. The highest BCUT2D eigenvalue weighted by atomic mass is 79.9. The lowest BCUT2D eigenvalue weighted by Gasteiger charge is -2.27. The molecule has 1 fully saturated rings. The third-order valence-corrected chi connectivity index (χ3v) is 4.21. The van der Waals surface area contributed by atoms with Crippen LogP contribution in [-0.4, -0.2) is 25.8 Å². The van der Waals surface area contributed by atoms with Gasteiger partial charge in [-0.25, -0.2) is 0 Å². The molecule has 0 aromatic heterocycles. The molecule has 0 radical (unpaired) electrons. The molecule has 0 aliphatic carbocycles. The van der Waals surface area contributed by atoms with Crippen molar-refractivity contribution in [2.45, 2.75) is 38.1 Å². The van der Waals surface area contributed by atoms with Crippen LogP contribution in [-0.2, 0) is 10.1 Å². The van der Waals surface area contributed by atoms with E-state index in [0.717, 1.165) is 37.9 Å². The fourth-order valence-corrected chi connectivity index (χ4v) is 2.87. The molecular formula is C15H22BrNO. The maximum atomic E-state index is 5.84. The van der Waals surface area contributed by atoms with Crippen molar-refractivity contribution in [2.75, 3.05) is 24.6 Å². The molecule has 18 heavy (non-hydrogen) atoms. The first-order valence-electron chi connectivity index (χ1n) is 6.76. The second kappa shape index (κ2) is 6.58. The molecule has 1 aromatic rings. The molecule has 0 spiro atoms. The molecule has 1 atom stereocenters. The Morgan fingerprint density at radius 1 is 1.44 bits per heavy atom. The van der Waals surface area contributed by atoms with Gasteiger partial charge in [-0.2, -0.15) is 0 Å². The Morgan fingerprint density at radius 2 is 2.28 bits per heavy atom. The van der Waals surface area contributed by atoms with Gasteiger partial charge in [0.1, 0.15) is 0 Å². The number of aryl methyl sites for hydroxylation is 1. The summed E-state index contributed by atoms with van der Waals surface area (Å²) in [5.74, 6) is 0. The molecule has 0 saturated carbocycles. The summed E-state index contributed by atoms with van der Waals surface area (Å²) in [4.78, 5) is 2.48. The highest BCUT2D eigenvalue weighted by Gasteiger charge is 2.18. The number of rotatable bonds is 3. The van der Waals surface area contributed by atoms with Crippen molar-refractivity contribution < 1.29 is 4.74 Å². The first kappa shape index (κ1) is 13.9. The number of halogens is 1. The molecule has 2 rings (SSSR count). The average molecular weight is 312 g/mol. The third-order valence-electron chi connectivity index (χ3n) is 3.56. The number of anilines is 1. The van der Waals surface area contributed by atoms with Crippen molar-refractivity contribution in [3.63, 3.8) is 0 Å². The number of ether oxygens (including phenoxy) is 1. The van der Waals surface area contributed by atoms with E-state index >= 15 is 0 Å². The number of nitrogens with zero attached hydrogens (tertiary/aromatic N) is 1. The highest BCUT2D eigenvalue weighted by molar-refractivity contribution is 9.08. The van der Waals surface area contributed by atoms with Crippen molar-refractivity contribution in [1.29, 1.82) is 0 Å². The largest absolute Gasteiger partial charge is 0.376 e. The first-order chi connectivity index (χ1) is 8.74. The molecule has 3 heteroatoms. The van der Waals surface area contributed by atoms with E-state index in [2.05, 4.69) is 52.9 Å². The van der Waals surface area contributed by atoms with Crippen LogP contribution in [0.25, 0.3) is 0 Å². The minimum absolute atomic E-state index is 0.378. The molecular weight excluding hydrogens is 290 g/mol. The Labute approximate surface area is 118 Å². The zero-order valence-electron chi connectivity index (χ0n) is 11.3. The van der Waals surface area contributed by atoms with Crippen molar-refractivity contribution >= 4 is 21.6 Å². The molecule has 1 aliphatic heterocycles. The normalized spacial score (nSPS) is 20.8. The Bertz CT molecular complexity index is 394. The van der Waals surface area contributed by atoms with Gasteiger partial charge in [0, 0.05) is 30.7 Å². The minimum atomic E-state index is 0.378. The topological polar surface area (TPSA) is 12.5 Å². The van der Waals surface area contributed by atoms with Crippen LogP contribution in [0.3, 0.4) is 0 Å². The van der Waals surface area contributed by atoms with Gasteiger partial charge in [0.05, 0.1) is 6.10 Å². The summed E-state index contributed by atoms with van der Waals surface area (Å²) < 4.78 is 5.84. The van der Waals surface area contributed by atoms with E-state index in [1.807, 2.05) is 0 Å². The van der Waals surface area contributed by atoms with E-state index in [-0.39, 0.29) is 0 Å². The summed E-state index contributed by atoms with van der Waals surface area (Å²) in [7, 11) is 0. The summed E-state index contributed by atoms with van der Waals surface area (Å²) in [6.07, 6.45) is 2.59. The smallest absolute Gasteiger partial charge is 0.0747 e. The van der Waals surface area contributed by atoms with Crippen molar-refractivity contribution in [3.8, 4) is 0 Å². The standard InChI is InChI=1S/C15H22BrNO/c1-3-14-11-17(7-4-8-18-14)15-6-5-13(10-16)9-12(15)2/h5-6,9,14H,3-4,7-8,10-11H2,1-2H3. The number of hydrogen-bond acceptors (Lipinski definition) is 2. The van der Waals surface area contributed by atoms with Crippen LogP contribution < -0.4 is 4.90 Å². The maximum Gasteiger partial charge on any atom is 0.0747 e. The molecule has 1 unspecified atom stereocenters. The Hall–Kier alpha value is -0.540. The minimum Gasteiger partial charge on any atom is -0.376 e. The number of alkyl halides is 1. The zero-order chi connectivity index (χ0) is 13.0. The van der Waals surface area contributed by atoms with E-state index in [0.29, 0.717) is 6.10 Å². The predicted octanol–water partition coefficient (Wildman–Crippen LogP) is 3.90. The average Bonchev–Trinajstić information content (AvgIpc) is 2.63. The van der Waals surface area contributed by atoms with Gasteiger partial charge < -0.3 is 9.64 Å². The first-order valence-corrected chi connectivity index (χ1v) is 7.88. The van der Waals surface area contributed by atoms with Gasteiger partial charge in [-0.05, 0) is 37.0 Å². The van der Waals surface area contributed by atoms with Crippen molar-refractivity contribution in [3.05, 3.63) is 29.3 Å². The number of benzene rings is 1. The van der Waals surface area contributed by atoms with Crippen LogP contribution >= 0.6 is 15.9 Å². The van der Waals surface area contributed by atoms with Crippen LogP contribution in [0.4, 0.5) is 5.69 Å². The highest BCUT2D eigenvalue weighted by Crippen LogP contribution is 2.24. The molecule has 1 saturated heterocycles. The molecule has 1 heterocycles. The van der Waals surface area contributed by atoms with Gasteiger partial charge >= 0.3 is 0 Å². The van der Waals surface area contributed by atoms with Gasteiger partial charge in [0.2, 0.25) is 0 Å². The summed E-state index contributed by atoms with van der Waals surface area (Å²) in [5, 5.41) is 0.925. The monoisotopic (exact) mass is 311 g/mol. The molecule has 0 N–H and O–H groups in total. The second-order valence-electron chi connectivity index (χ2n) is 4.96. The van der Waals surface area contributed by atoms with Gasteiger partial charge in [-0.3, -0.25) is 0 Å². The zero-order valence-corrected chi connectivity index (χ0v) is 12.9. The van der Waals surface area contributed by atoms with E-state index in [4.69, 9.17) is 4.74 Å². The SMILES string of the molecule is CCC1CN(c2ccc(CBr)cc2C)CCCO1. The summed E-state index contributed by atoms with van der Waals surface area (Å²) >= 11 is 3.51. The van der Waals surface area contributed by atoms with Crippen LogP contribution in [0, 0.1) is 6.92 Å². The summed E-state index contributed by atoms with van der Waals surface area (Å²) in [6, 6.07) is 6.74. The maximum absolute atomic E-state index is 5.84. The lowest BCUT2D eigenvalue weighted by atomic mass is 10.1. The second-order valence-corrected chi connectivity index (χ2v) is 5.52. The molecule has 2 nitrogen and oxygen atoms in total. The van der Waals surface area contributed by atoms with Crippen LogP contribution in [0.15, 0.2) is 18.2 Å². The fraction of sp³-hybridized carbons (Fsp3) is 0.600. The van der Waals surface area contributed by atoms with Crippen LogP contribution in [0.2, 0.25) is 0 Å². The Morgan fingerprint density at radius 3 is 2.94 bits per heavy atom.